The van der Waals surface area contributed by atoms with Gasteiger partial charge < -0.3 is 19.7 Å². The van der Waals surface area contributed by atoms with E-state index in [9.17, 15) is 14.4 Å². The standard InChI is InChI=1S/C26H27FN4O3/c27-23-2-4-24(5-3-23)29-13-11-28(12-14-29)18-20-1-6-25-22(17-20)19-30(15-16-34-25)26(32)21-7-9-31(33)10-8-21/h1-10,17H,11-16,18-19H2. The molecule has 1 saturated heterocycles. The van der Waals surface area contributed by atoms with E-state index in [4.69, 9.17) is 4.74 Å². The average molecular weight is 463 g/mol. The van der Waals surface area contributed by atoms with Crippen LogP contribution in [0.25, 0.3) is 0 Å². The maximum Gasteiger partial charge on any atom is 0.254 e. The largest absolute Gasteiger partial charge is 0.619 e. The number of hydrogen-bond donors (Lipinski definition) is 0. The molecule has 3 heterocycles. The van der Waals surface area contributed by atoms with E-state index in [-0.39, 0.29) is 11.7 Å². The number of aromatic nitrogens is 1. The molecule has 1 fully saturated rings. The summed E-state index contributed by atoms with van der Waals surface area (Å²) in [4.78, 5) is 19.4. The summed E-state index contributed by atoms with van der Waals surface area (Å²) in [5, 5.41) is 11.3. The number of piperazine rings is 1. The molecule has 8 heteroatoms. The van der Waals surface area contributed by atoms with Gasteiger partial charge in [0.1, 0.15) is 18.2 Å². The summed E-state index contributed by atoms with van der Waals surface area (Å²) in [5.74, 6) is 0.485. The van der Waals surface area contributed by atoms with E-state index in [0.29, 0.717) is 30.0 Å². The predicted octanol–water partition coefficient (Wildman–Crippen LogP) is 2.82. The number of halogens is 1. The van der Waals surface area contributed by atoms with Crippen LogP contribution in [0.1, 0.15) is 21.5 Å². The number of nitrogens with zero attached hydrogens (tertiary/aromatic N) is 4. The van der Waals surface area contributed by atoms with Crippen molar-refractivity contribution < 1.29 is 18.7 Å². The fraction of sp³-hybridized carbons (Fsp3) is 0.308. The van der Waals surface area contributed by atoms with E-state index in [0.717, 1.165) is 49.7 Å². The highest BCUT2D eigenvalue weighted by atomic mass is 19.1. The lowest BCUT2D eigenvalue weighted by Gasteiger charge is -2.36. The first-order valence-corrected chi connectivity index (χ1v) is 11.5. The lowest BCUT2D eigenvalue weighted by molar-refractivity contribution is -0.605. The van der Waals surface area contributed by atoms with Gasteiger partial charge in [-0.2, -0.15) is 4.73 Å². The van der Waals surface area contributed by atoms with Crippen molar-refractivity contribution in [3.8, 4) is 5.75 Å². The van der Waals surface area contributed by atoms with Gasteiger partial charge >= 0.3 is 0 Å². The van der Waals surface area contributed by atoms with E-state index >= 15 is 0 Å². The third-order valence-corrected chi connectivity index (χ3v) is 6.41. The summed E-state index contributed by atoms with van der Waals surface area (Å²) in [7, 11) is 0. The Kier molecular flexibility index (Phi) is 6.31. The number of hydrogen-bond acceptors (Lipinski definition) is 5. The number of carbonyl (C=O) groups excluding carboxylic acids is 1. The second-order valence-electron chi connectivity index (χ2n) is 8.70. The molecular weight excluding hydrogens is 435 g/mol. The van der Waals surface area contributed by atoms with E-state index in [1.54, 1.807) is 17.0 Å². The van der Waals surface area contributed by atoms with Gasteiger partial charge in [0.25, 0.3) is 5.91 Å². The molecule has 1 aromatic heterocycles. The Morgan fingerprint density at radius 1 is 0.971 bits per heavy atom. The summed E-state index contributed by atoms with van der Waals surface area (Å²) in [6.07, 6.45) is 2.67. The Balaban J connectivity index is 1.23. The molecule has 2 aliphatic heterocycles. The third-order valence-electron chi connectivity index (χ3n) is 6.41. The lowest BCUT2D eigenvalue weighted by Crippen LogP contribution is -2.45. The monoisotopic (exact) mass is 462 g/mol. The van der Waals surface area contributed by atoms with Crippen molar-refractivity contribution in [2.24, 2.45) is 0 Å². The van der Waals surface area contributed by atoms with Gasteiger partial charge in [-0.15, -0.1) is 0 Å². The quantitative estimate of drug-likeness (QED) is 0.441. The van der Waals surface area contributed by atoms with Crippen molar-refractivity contribution in [1.82, 2.24) is 9.80 Å². The number of carbonyl (C=O) groups is 1. The fourth-order valence-corrected chi connectivity index (χ4v) is 4.53. The van der Waals surface area contributed by atoms with Crippen LogP contribution in [-0.4, -0.2) is 55.0 Å². The maximum atomic E-state index is 13.2. The Morgan fingerprint density at radius 2 is 1.71 bits per heavy atom. The van der Waals surface area contributed by atoms with Crippen LogP contribution in [0.15, 0.2) is 67.0 Å². The Morgan fingerprint density at radius 3 is 2.44 bits per heavy atom. The number of benzene rings is 2. The maximum absolute atomic E-state index is 13.2. The normalized spacial score (nSPS) is 16.5. The number of amides is 1. The molecule has 1 amide bonds. The molecule has 0 bridgehead atoms. The predicted molar refractivity (Wildman–Crippen MR) is 126 cm³/mol. The number of pyridine rings is 1. The Hall–Kier alpha value is -3.65. The highest BCUT2D eigenvalue weighted by Crippen LogP contribution is 2.26. The molecule has 2 aliphatic rings. The highest BCUT2D eigenvalue weighted by Gasteiger charge is 2.23. The van der Waals surface area contributed by atoms with Crippen LogP contribution >= 0.6 is 0 Å². The van der Waals surface area contributed by atoms with Crippen molar-refractivity contribution in [1.29, 1.82) is 0 Å². The SMILES string of the molecule is O=C(c1cc[n+]([O-])cc1)N1CCOc2ccc(CN3CCN(c4ccc(F)cc4)CC3)cc2C1. The Labute approximate surface area is 198 Å². The van der Waals surface area contributed by atoms with Crippen LogP contribution in [0, 0.1) is 11.0 Å². The lowest BCUT2D eigenvalue weighted by atomic mass is 10.1. The van der Waals surface area contributed by atoms with Crippen molar-refractivity contribution in [3.63, 3.8) is 0 Å². The number of rotatable bonds is 4. The van der Waals surface area contributed by atoms with Gasteiger partial charge in [-0.3, -0.25) is 9.69 Å². The molecule has 5 rings (SSSR count). The molecule has 3 aromatic rings. The molecule has 0 N–H and O–H groups in total. The first kappa shape index (κ1) is 22.2. The van der Waals surface area contributed by atoms with E-state index < -0.39 is 0 Å². The second-order valence-corrected chi connectivity index (χ2v) is 8.70. The minimum Gasteiger partial charge on any atom is -0.619 e. The first-order chi connectivity index (χ1) is 16.5. The molecule has 0 unspecified atom stereocenters. The molecule has 0 saturated carbocycles. The van der Waals surface area contributed by atoms with Crippen LogP contribution in [0.3, 0.4) is 0 Å². The van der Waals surface area contributed by atoms with Crippen molar-refractivity contribution in [2.75, 3.05) is 44.2 Å². The van der Waals surface area contributed by atoms with Crippen molar-refractivity contribution in [3.05, 3.63) is 94.7 Å². The van der Waals surface area contributed by atoms with Gasteiger partial charge in [-0.1, -0.05) is 6.07 Å². The zero-order chi connectivity index (χ0) is 23.5. The van der Waals surface area contributed by atoms with Crippen LogP contribution in [0.4, 0.5) is 10.1 Å². The fourth-order valence-electron chi connectivity index (χ4n) is 4.53. The highest BCUT2D eigenvalue weighted by molar-refractivity contribution is 5.94. The summed E-state index contributed by atoms with van der Waals surface area (Å²) < 4.78 is 19.8. The summed E-state index contributed by atoms with van der Waals surface area (Å²) in [6, 6.07) is 16.0. The topological polar surface area (TPSA) is 63.0 Å². The van der Waals surface area contributed by atoms with E-state index in [2.05, 4.69) is 21.9 Å². The van der Waals surface area contributed by atoms with E-state index in [1.807, 2.05) is 18.2 Å². The van der Waals surface area contributed by atoms with E-state index in [1.165, 1.54) is 30.1 Å². The average Bonchev–Trinajstić information content (AvgIpc) is 3.07. The summed E-state index contributed by atoms with van der Waals surface area (Å²) >= 11 is 0. The molecule has 34 heavy (non-hydrogen) atoms. The molecule has 7 nitrogen and oxygen atoms in total. The van der Waals surface area contributed by atoms with Gasteiger partial charge in [0.15, 0.2) is 12.4 Å². The smallest absolute Gasteiger partial charge is 0.254 e. The number of fused-ring (bicyclic) bond motifs is 1. The van der Waals surface area contributed by atoms with Gasteiger partial charge in [0.05, 0.1) is 12.1 Å². The molecule has 0 spiro atoms. The molecule has 0 radical (unpaired) electrons. The first-order valence-electron chi connectivity index (χ1n) is 11.5. The second kappa shape index (κ2) is 9.69. The zero-order valence-corrected chi connectivity index (χ0v) is 18.9. The molecule has 176 valence electrons. The van der Waals surface area contributed by atoms with Crippen LogP contribution in [0.5, 0.6) is 5.75 Å². The van der Waals surface area contributed by atoms with Gasteiger partial charge in [0.2, 0.25) is 0 Å². The molecular formula is C26H27FN4O3. The minimum atomic E-state index is -0.214. The van der Waals surface area contributed by atoms with Crippen LogP contribution < -0.4 is 14.4 Å². The van der Waals surface area contributed by atoms with Crippen molar-refractivity contribution in [2.45, 2.75) is 13.1 Å². The molecule has 2 aromatic carbocycles. The summed E-state index contributed by atoms with van der Waals surface area (Å²) in [5.41, 5.74) is 3.71. The molecule has 0 aliphatic carbocycles. The van der Waals surface area contributed by atoms with Gasteiger partial charge in [-0.05, 0) is 42.0 Å². The number of ether oxygens (including phenoxy) is 1. The van der Waals surface area contributed by atoms with Gasteiger partial charge in [-0.25, -0.2) is 4.39 Å². The number of anilines is 1. The zero-order valence-electron chi connectivity index (χ0n) is 18.9. The van der Waals surface area contributed by atoms with Crippen LogP contribution in [0.2, 0.25) is 0 Å². The summed E-state index contributed by atoms with van der Waals surface area (Å²) in [6.45, 7) is 5.82. The minimum absolute atomic E-state index is 0.112. The van der Waals surface area contributed by atoms with Crippen molar-refractivity contribution >= 4 is 11.6 Å². The Bertz CT molecular complexity index is 1150. The van der Waals surface area contributed by atoms with Crippen LogP contribution in [-0.2, 0) is 13.1 Å². The third kappa shape index (κ3) is 4.97. The van der Waals surface area contributed by atoms with Gasteiger partial charge in [0, 0.05) is 62.7 Å². The molecule has 0 atom stereocenters.